The lowest BCUT2D eigenvalue weighted by Gasteiger charge is -2.03. The van der Waals surface area contributed by atoms with Gasteiger partial charge in [-0.25, -0.2) is 4.98 Å². The average molecular weight is 426 g/mol. The van der Waals surface area contributed by atoms with E-state index >= 15 is 0 Å². The van der Waals surface area contributed by atoms with Crippen molar-refractivity contribution < 1.29 is 14.0 Å². The summed E-state index contributed by atoms with van der Waals surface area (Å²) < 4.78 is 6.27. The average Bonchev–Trinajstić information content (AvgIpc) is 3.44. The normalized spacial score (nSPS) is 10.9. The van der Waals surface area contributed by atoms with Crippen molar-refractivity contribution in [1.29, 1.82) is 0 Å². The Morgan fingerprint density at radius 2 is 1.97 bits per heavy atom. The van der Waals surface area contributed by atoms with Crippen molar-refractivity contribution in [3.05, 3.63) is 69.9 Å². The van der Waals surface area contributed by atoms with Crippen LogP contribution in [0, 0.1) is 6.92 Å². The van der Waals surface area contributed by atoms with Gasteiger partial charge in [-0.15, -0.1) is 22.7 Å². The molecule has 0 saturated heterocycles. The molecule has 3 aromatic heterocycles. The molecule has 0 saturated carbocycles. The summed E-state index contributed by atoms with van der Waals surface area (Å²) in [6.45, 7) is 2.43. The number of para-hydroxylation sites is 1. The number of carbonyl (C=O) groups is 2. The van der Waals surface area contributed by atoms with Crippen LogP contribution in [-0.2, 0) is 6.42 Å². The van der Waals surface area contributed by atoms with Gasteiger partial charge in [0.2, 0.25) is 0 Å². The van der Waals surface area contributed by atoms with E-state index in [0.717, 1.165) is 28.9 Å². The molecule has 3 heterocycles. The predicted molar refractivity (Wildman–Crippen MR) is 116 cm³/mol. The number of furan rings is 1. The molecule has 148 valence electrons. The lowest BCUT2D eigenvalue weighted by Crippen LogP contribution is -2.24. The molecule has 0 aliphatic rings. The van der Waals surface area contributed by atoms with Gasteiger partial charge in [0.15, 0.2) is 5.76 Å². The van der Waals surface area contributed by atoms with Crippen LogP contribution in [0.1, 0.15) is 37.2 Å². The second-order valence-electron chi connectivity index (χ2n) is 6.49. The molecule has 2 amide bonds. The van der Waals surface area contributed by atoms with Gasteiger partial charge in [-0.1, -0.05) is 12.1 Å². The molecule has 4 aromatic rings. The zero-order valence-corrected chi connectivity index (χ0v) is 17.4. The van der Waals surface area contributed by atoms with Crippen molar-refractivity contribution in [2.24, 2.45) is 0 Å². The summed E-state index contributed by atoms with van der Waals surface area (Å²) in [4.78, 5) is 29.8. The van der Waals surface area contributed by atoms with Crippen molar-refractivity contribution in [2.45, 2.75) is 19.8 Å². The zero-order chi connectivity index (χ0) is 20.2. The second-order valence-corrected chi connectivity index (χ2v) is 8.66. The number of anilines is 1. The first-order valence-corrected chi connectivity index (χ1v) is 10.8. The monoisotopic (exact) mass is 425 g/mol. The number of carbonyl (C=O) groups excluding carboxylic acids is 2. The molecule has 0 aliphatic carbocycles. The van der Waals surface area contributed by atoms with Gasteiger partial charge in [0, 0.05) is 13.0 Å². The SMILES string of the molecule is Cc1cc(NC(=O)c2ccco2)sc1C(=O)NCCCc1nc2ccccc2s1. The molecule has 2 N–H and O–H groups in total. The molecule has 0 spiro atoms. The van der Waals surface area contributed by atoms with Crippen molar-refractivity contribution in [3.63, 3.8) is 0 Å². The minimum Gasteiger partial charge on any atom is -0.459 e. The Kier molecular flexibility index (Phi) is 5.73. The highest BCUT2D eigenvalue weighted by Gasteiger charge is 2.16. The molecule has 0 unspecified atom stereocenters. The maximum absolute atomic E-state index is 12.5. The lowest BCUT2D eigenvalue weighted by molar-refractivity contribution is 0.0955. The van der Waals surface area contributed by atoms with Gasteiger partial charge in [-0.05, 0) is 49.2 Å². The molecule has 4 rings (SSSR count). The van der Waals surface area contributed by atoms with Crippen LogP contribution in [0.25, 0.3) is 10.2 Å². The molecular weight excluding hydrogens is 406 g/mol. The van der Waals surface area contributed by atoms with Crippen molar-refractivity contribution in [3.8, 4) is 0 Å². The molecular formula is C21H19N3O3S2. The molecule has 6 nitrogen and oxygen atoms in total. The van der Waals surface area contributed by atoms with Crippen molar-refractivity contribution in [1.82, 2.24) is 10.3 Å². The van der Waals surface area contributed by atoms with E-state index < -0.39 is 0 Å². The first-order valence-electron chi connectivity index (χ1n) is 9.18. The van der Waals surface area contributed by atoms with Crippen LogP contribution in [0.3, 0.4) is 0 Å². The van der Waals surface area contributed by atoms with E-state index in [9.17, 15) is 9.59 Å². The number of benzene rings is 1. The molecule has 8 heteroatoms. The number of thiophene rings is 1. The second kappa shape index (κ2) is 8.59. The first kappa shape index (κ1) is 19.4. The number of nitrogens with zero attached hydrogens (tertiary/aromatic N) is 1. The van der Waals surface area contributed by atoms with Gasteiger partial charge >= 0.3 is 0 Å². The Labute approximate surface area is 175 Å². The summed E-state index contributed by atoms with van der Waals surface area (Å²) in [5, 5.41) is 7.41. The van der Waals surface area contributed by atoms with Gasteiger partial charge < -0.3 is 15.1 Å². The summed E-state index contributed by atoms with van der Waals surface area (Å²) >= 11 is 2.95. The maximum atomic E-state index is 12.5. The Hall–Kier alpha value is -2.97. The van der Waals surface area contributed by atoms with E-state index in [1.807, 2.05) is 25.1 Å². The minimum atomic E-state index is -0.334. The third-order valence-electron chi connectivity index (χ3n) is 4.30. The third-order valence-corrected chi connectivity index (χ3v) is 6.54. The lowest BCUT2D eigenvalue weighted by atomic mass is 10.2. The number of thiazole rings is 1. The van der Waals surface area contributed by atoms with Crippen LogP contribution >= 0.6 is 22.7 Å². The fourth-order valence-corrected chi connectivity index (χ4v) is 4.89. The fourth-order valence-electron chi connectivity index (χ4n) is 2.90. The van der Waals surface area contributed by atoms with Crippen LogP contribution in [0.4, 0.5) is 5.00 Å². The standard InChI is InChI=1S/C21H19N3O3S2/c1-13-12-18(24-20(25)15-7-5-11-27-15)29-19(13)21(26)22-10-4-9-17-23-14-6-2-3-8-16(14)28-17/h2-3,5-8,11-12H,4,9-10H2,1H3,(H,22,26)(H,24,25). The van der Waals surface area contributed by atoms with Crippen LogP contribution in [0.2, 0.25) is 0 Å². The number of fused-ring (bicyclic) bond motifs is 1. The number of nitrogens with one attached hydrogen (secondary N) is 2. The summed E-state index contributed by atoms with van der Waals surface area (Å²) in [6.07, 6.45) is 3.09. The van der Waals surface area contributed by atoms with E-state index in [0.29, 0.717) is 16.4 Å². The Bertz CT molecular complexity index is 1110. The maximum Gasteiger partial charge on any atom is 0.291 e. The van der Waals surface area contributed by atoms with E-state index in [1.54, 1.807) is 29.5 Å². The van der Waals surface area contributed by atoms with Gasteiger partial charge in [0.1, 0.15) is 0 Å². The van der Waals surface area contributed by atoms with E-state index in [4.69, 9.17) is 4.42 Å². The fraction of sp³-hybridized carbons (Fsp3) is 0.190. The number of hydrogen-bond donors (Lipinski definition) is 2. The number of aromatic nitrogens is 1. The summed E-state index contributed by atoms with van der Waals surface area (Å²) in [6, 6.07) is 13.1. The Balaban J connectivity index is 1.29. The van der Waals surface area contributed by atoms with Gasteiger partial charge in [0.05, 0.1) is 31.4 Å². The molecule has 0 aliphatic heterocycles. The van der Waals surface area contributed by atoms with Gasteiger partial charge in [-0.3, -0.25) is 9.59 Å². The molecule has 0 atom stereocenters. The molecule has 0 radical (unpaired) electrons. The Morgan fingerprint density at radius 3 is 2.76 bits per heavy atom. The first-order chi connectivity index (χ1) is 14.1. The van der Waals surface area contributed by atoms with Crippen molar-refractivity contribution >= 4 is 49.7 Å². The minimum absolute atomic E-state index is 0.129. The highest BCUT2D eigenvalue weighted by molar-refractivity contribution is 7.18. The number of aryl methyl sites for hydroxylation is 2. The zero-order valence-electron chi connectivity index (χ0n) is 15.7. The molecule has 0 fully saturated rings. The summed E-state index contributed by atoms with van der Waals surface area (Å²) in [7, 11) is 0. The smallest absolute Gasteiger partial charge is 0.291 e. The highest BCUT2D eigenvalue weighted by Crippen LogP contribution is 2.27. The number of amides is 2. The number of hydrogen-bond acceptors (Lipinski definition) is 6. The van der Waals surface area contributed by atoms with Crippen LogP contribution in [0.5, 0.6) is 0 Å². The van der Waals surface area contributed by atoms with Gasteiger partial charge in [-0.2, -0.15) is 0 Å². The highest BCUT2D eigenvalue weighted by atomic mass is 32.1. The topological polar surface area (TPSA) is 84.2 Å². The van der Waals surface area contributed by atoms with E-state index in [1.165, 1.54) is 22.3 Å². The largest absolute Gasteiger partial charge is 0.459 e. The van der Waals surface area contributed by atoms with Crippen LogP contribution < -0.4 is 10.6 Å². The Morgan fingerprint density at radius 1 is 1.10 bits per heavy atom. The van der Waals surface area contributed by atoms with Gasteiger partial charge in [0.25, 0.3) is 11.8 Å². The molecule has 1 aromatic carbocycles. The number of rotatable bonds is 7. The molecule has 29 heavy (non-hydrogen) atoms. The van der Waals surface area contributed by atoms with E-state index in [-0.39, 0.29) is 17.6 Å². The third kappa shape index (κ3) is 4.55. The van der Waals surface area contributed by atoms with Crippen LogP contribution in [0.15, 0.2) is 53.1 Å². The quantitative estimate of drug-likeness (QED) is 0.414. The summed E-state index contributed by atoms with van der Waals surface area (Å²) in [5.74, 6) is -0.230. The van der Waals surface area contributed by atoms with E-state index in [2.05, 4.69) is 21.7 Å². The predicted octanol–water partition coefficient (Wildman–Crippen LogP) is 4.87. The van der Waals surface area contributed by atoms with Crippen molar-refractivity contribution in [2.75, 3.05) is 11.9 Å². The summed E-state index contributed by atoms with van der Waals surface area (Å²) in [5.41, 5.74) is 1.85. The molecule has 0 bridgehead atoms. The van der Waals surface area contributed by atoms with Crippen LogP contribution in [-0.4, -0.2) is 23.3 Å².